The number of aliphatic imine (C=N–C) groups is 1. The van der Waals surface area contributed by atoms with Crippen molar-refractivity contribution in [1.82, 2.24) is 19.4 Å². The van der Waals surface area contributed by atoms with Gasteiger partial charge in [-0.15, -0.1) is 24.0 Å². The van der Waals surface area contributed by atoms with Crippen LogP contribution in [0.3, 0.4) is 0 Å². The number of halogens is 1. The fraction of sp³-hybridized carbons (Fsp3) is 0.667. The van der Waals surface area contributed by atoms with Crippen LogP contribution in [0.25, 0.3) is 0 Å². The first-order chi connectivity index (χ1) is 14.6. The highest BCUT2D eigenvalue weighted by molar-refractivity contribution is 14.0. The smallest absolute Gasteiger partial charge is 0.214 e. The number of sulfonamides is 1. The van der Waals surface area contributed by atoms with Crippen LogP contribution in [0.4, 0.5) is 0 Å². The van der Waals surface area contributed by atoms with Gasteiger partial charge in [0, 0.05) is 45.8 Å². The summed E-state index contributed by atoms with van der Waals surface area (Å²) in [6, 6.07) is 10.9. The average molecular weight is 564 g/mol. The summed E-state index contributed by atoms with van der Waals surface area (Å²) < 4.78 is 31.7. The molecular formula is C21H34IN5O3S. The molecule has 3 saturated heterocycles. The van der Waals surface area contributed by atoms with E-state index in [9.17, 15) is 8.42 Å². The first-order valence-corrected chi connectivity index (χ1v) is 12.6. The van der Waals surface area contributed by atoms with Crippen molar-refractivity contribution in [3.8, 4) is 0 Å². The maximum absolute atomic E-state index is 12.0. The molecule has 2 unspecified atom stereocenters. The molecule has 0 aliphatic carbocycles. The van der Waals surface area contributed by atoms with E-state index in [0.717, 1.165) is 51.7 Å². The molecule has 31 heavy (non-hydrogen) atoms. The van der Waals surface area contributed by atoms with Gasteiger partial charge >= 0.3 is 0 Å². The van der Waals surface area contributed by atoms with Crippen LogP contribution in [-0.2, 0) is 21.3 Å². The maximum atomic E-state index is 12.0. The molecule has 10 heteroatoms. The lowest BCUT2D eigenvalue weighted by Gasteiger charge is -2.36. The number of ether oxygens (including phenoxy) is 1. The number of nitrogens with zero attached hydrogens (tertiary/aromatic N) is 4. The fourth-order valence-corrected chi connectivity index (χ4v) is 6.10. The molecule has 1 N–H and O–H groups in total. The minimum atomic E-state index is -3.07. The van der Waals surface area contributed by atoms with Crippen molar-refractivity contribution in [3.05, 3.63) is 35.9 Å². The number of hydrogen-bond donors (Lipinski definition) is 1. The molecule has 3 fully saturated rings. The van der Waals surface area contributed by atoms with Crippen molar-refractivity contribution < 1.29 is 13.2 Å². The van der Waals surface area contributed by atoms with Gasteiger partial charge in [0.05, 0.1) is 31.1 Å². The molecule has 0 radical (unpaired) electrons. The van der Waals surface area contributed by atoms with Crippen LogP contribution in [0.5, 0.6) is 0 Å². The van der Waals surface area contributed by atoms with Crippen molar-refractivity contribution in [1.29, 1.82) is 0 Å². The summed E-state index contributed by atoms with van der Waals surface area (Å²) in [6.07, 6.45) is 0.890. The molecule has 174 valence electrons. The van der Waals surface area contributed by atoms with Gasteiger partial charge in [0.25, 0.3) is 0 Å². The van der Waals surface area contributed by atoms with E-state index in [0.29, 0.717) is 25.7 Å². The van der Waals surface area contributed by atoms with E-state index >= 15 is 0 Å². The van der Waals surface area contributed by atoms with Gasteiger partial charge in [-0.05, 0) is 18.9 Å². The molecule has 0 spiro atoms. The quantitative estimate of drug-likeness (QED) is 0.319. The lowest BCUT2D eigenvalue weighted by atomic mass is 10.1. The summed E-state index contributed by atoms with van der Waals surface area (Å²) in [4.78, 5) is 9.52. The average Bonchev–Trinajstić information content (AvgIpc) is 3.32. The maximum Gasteiger partial charge on any atom is 0.214 e. The zero-order valence-electron chi connectivity index (χ0n) is 18.1. The van der Waals surface area contributed by atoms with E-state index in [-0.39, 0.29) is 35.8 Å². The lowest BCUT2D eigenvalue weighted by molar-refractivity contribution is -0.0502. The minimum Gasteiger partial charge on any atom is -0.373 e. The monoisotopic (exact) mass is 563 g/mol. The highest BCUT2D eigenvalue weighted by Gasteiger charge is 2.41. The molecule has 3 aliphatic heterocycles. The topological polar surface area (TPSA) is 77.5 Å². The van der Waals surface area contributed by atoms with Gasteiger partial charge in [-0.1, -0.05) is 30.3 Å². The Balaban J connectivity index is 0.00000272. The third-order valence-corrected chi connectivity index (χ3v) is 8.05. The summed E-state index contributed by atoms with van der Waals surface area (Å²) in [6.45, 7) is 8.67. The van der Waals surface area contributed by atoms with E-state index in [1.165, 1.54) is 5.56 Å². The van der Waals surface area contributed by atoms with Crippen LogP contribution < -0.4 is 5.32 Å². The van der Waals surface area contributed by atoms with Crippen molar-refractivity contribution in [2.45, 2.75) is 32.0 Å². The summed E-state index contributed by atoms with van der Waals surface area (Å²) in [5.74, 6) is 1.12. The van der Waals surface area contributed by atoms with E-state index < -0.39 is 10.0 Å². The molecule has 3 heterocycles. The van der Waals surface area contributed by atoms with Crippen molar-refractivity contribution >= 4 is 40.0 Å². The van der Waals surface area contributed by atoms with Crippen molar-refractivity contribution in [3.63, 3.8) is 0 Å². The predicted octanol–water partition coefficient (Wildman–Crippen LogP) is 1.19. The van der Waals surface area contributed by atoms with Crippen LogP contribution in [-0.4, -0.2) is 98.8 Å². The van der Waals surface area contributed by atoms with Crippen molar-refractivity contribution in [2.24, 2.45) is 4.99 Å². The Labute approximate surface area is 203 Å². The number of morpholine rings is 1. The number of likely N-dealkylation sites (tertiary alicyclic amines) is 1. The number of fused-ring (bicyclic) bond motifs is 1. The van der Waals surface area contributed by atoms with Gasteiger partial charge in [0.15, 0.2) is 5.96 Å². The molecule has 2 atom stereocenters. The van der Waals surface area contributed by atoms with E-state index in [1.807, 2.05) is 0 Å². The largest absolute Gasteiger partial charge is 0.373 e. The zero-order chi connectivity index (χ0) is 21.0. The third kappa shape index (κ3) is 6.10. The molecule has 0 amide bonds. The Kier molecular flexibility index (Phi) is 8.97. The van der Waals surface area contributed by atoms with Crippen LogP contribution in [0.2, 0.25) is 0 Å². The predicted molar refractivity (Wildman–Crippen MR) is 133 cm³/mol. The molecule has 1 aromatic carbocycles. The molecule has 4 rings (SSSR count). The van der Waals surface area contributed by atoms with Gasteiger partial charge in [-0.25, -0.2) is 12.7 Å². The van der Waals surface area contributed by atoms with Crippen LogP contribution in [0.15, 0.2) is 35.3 Å². The van der Waals surface area contributed by atoms with E-state index in [2.05, 4.69) is 52.4 Å². The van der Waals surface area contributed by atoms with Gasteiger partial charge in [-0.3, -0.25) is 9.89 Å². The summed E-state index contributed by atoms with van der Waals surface area (Å²) in [5.41, 5.74) is 1.32. The third-order valence-electron chi connectivity index (χ3n) is 6.09. The SMILES string of the molecule is CCNC(=NCCN1CCCS1(=O)=O)N1CC2OCCN(Cc3ccccc3)C2C1.I. The van der Waals surface area contributed by atoms with Gasteiger partial charge in [-0.2, -0.15) is 0 Å². The summed E-state index contributed by atoms with van der Waals surface area (Å²) in [5, 5.41) is 3.38. The molecule has 8 nitrogen and oxygen atoms in total. The second kappa shape index (κ2) is 11.3. The molecule has 0 aromatic heterocycles. The Morgan fingerprint density at radius 2 is 2.03 bits per heavy atom. The highest BCUT2D eigenvalue weighted by Crippen LogP contribution is 2.24. The van der Waals surface area contributed by atoms with Gasteiger partial charge in [0.1, 0.15) is 0 Å². The van der Waals surface area contributed by atoms with E-state index in [4.69, 9.17) is 9.73 Å². The minimum absolute atomic E-state index is 0. The molecule has 0 bridgehead atoms. The summed E-state index contributed by atoms with van der Waals surface area (Å²) >= 11 is 0. The van der Waals surface area contributed by atoms with Crippen molar-refractivity contribution in [2.75, 3.05) is 58.2 Å². The number of hydrogen-bond acceptors (Lipinski definition) is 5. The van der Waals surface area contributed by atoms with Gasteiger partial charge in [0.2, 0.25) is 10.0 Å². The molecule has 1 aromatic rings. The van der Waals surface area contributed by atoms with Crippen LogP contribution >= 0.6 is 24.0 Å². The second-order valence-electron chi connectivity index (χ2n) is 8.14. The first-order valence-electron chi connectivity index (χ1n) is 11.0. The normalized spacial score (nSPS) is 26.5. The fourth-order valence-electron chi connectivity index (χ4n) is 4.58. The Bertz CT molecular complexity index is 839. The Hall–Kier alpha value is -0.950. The molecule has 3 aliphatic rings. The lowest BCUT2D eigenvalue weighted by Crippen LogP contribution is -2.50. The number of guanidine groups is 1. The highest BCUT2D eigenvalue weighted by atomic mass is 127. The number of rotatable bonds is 6. The zero-order valence-corrected chi connectivity index (χ0v) is 21.3. The van der Waals surface area contributed by atoms with Gasteiger partial charge < -0.3 is 15.0 Å². The van der Waals surface area contributed by atoms with Crippen LogP contribution in [0.1, 0.15) is 18.9 Å². The standard InChI is InChI=1S/C21H33N5O3S.HI/c1-2-22-21(23-9-11-26-10-6-14-30(26,27)28)25-16-19-20(17-25)29-13-12-24(19)15-18-7-4-3-5-8-18;/h3-5,7-8,19-20H,2,6,9-17H2,1H3,(H,22,23);1H. The van der Waals surface area contributed by atoms with E-state index in [1.54, 1.807) is 4.31 Å². The van der Waals surface area contributed by atoms with Crippen LogP contribution in [0, 0.1) is 0 Å². The first kappa shape index (κ1) is 24.7. The number of benzene rings is 1. The summed E-state index contributed by atoms with van der Waals surface area (Å²) in [7, 11) is -3.07. The number of nitrogens with one attached hydrogen (secondary N) is 1. The Morgan fingerprint density at radius 3 is 2.74 bits per heavy atom. The second-order valence-corrected chi connectivity index (χ2v) is 10.2. The molecule has 0 saturated carbocycles. The molecular weight excluding hydrogens is 529 g/mol. The Morgan fingerprint density at radius 1 is 1.23 bits per heavy atom.